The Morgan fingerprint density at radius 3 is 3.00 bits per heavy atom. The minimum atomic E-state index is -0.632. The average molecular weight is 258 g/mol. The highest BCUT2D eigenvalue weighted by atomic mass is 16.5. The Morgan fingerprint density at radius 1 is 1.53 bits per heavy atom. The first-order valence-corrected chi connectivity index (χ1v) is 6.19. The monoisotopic (exact) mass is 258 g/mol. The molecule has 0 saturated heterocycles. The highest BCUT2D eigenvalue weighted by Gasteiger charge is 2.16. The van der Waals surface area contributed by atoms with Gasteiger partial charge in [-0.1, -0.05) is 24.3 Å². The molecule has 1 aromatic heterocycles. The summed E-state index contributed by atoms with van der Waals surface area (Å²) in [4.78, 5) is 14.6. The fourth-order valence-corrected chi connectivity index (χ4v) is 2.24. The van der Waals surface area contributed by atoms with Gasteiger partial charge in [0.25, 0.3) is 0 Å². The number of aromatic nitrogens is 1. The lowest BCUT2D eigenvalue weighted by atomic mass is 10.0. The summed E-state index contributed by atoms with van der Waals surface area (Å²) in [6, 6.07) is 5.46. The molecule has 100 valence electrons. The molecule has 0 amide bonds. The highest BCUT2D eigenvalue weighted by Crippen LogP contribution is 2.23. The number of methoxy groups -OCH3 is 1. The smallest absolute Gasteiger partial charge is 0.322 e. The number of benzene rings is 1. The van der Waals surface area contributed by atoms with Crippen LogP contribution in [0.3, 0.4) is 0 Å². The molecule has 1 heterocycles. The number of allylic oxidation sites excluding steroid dienone is 1. The maximum Gasteiger partial charge on any atom is 0.322 e. The Morgan fingerprint density at radius 2 is 2.32 bits per heavy atom. The number of nitrogens with one attached hydrogen (secondary N) is 1. The molecule has 2 aromatic rings. The van der Waals surface area contributed by atoms with Crippen molar-refractivity contribution in [1.29, 1.82) is 0 Å². The lowest BCUT2D eigenvalue weighted by Gasteiger charge is -2.08. The second kappa shape index (κ2) is 5.71. The fraction of sp³-hybridized carbons (Fsp3) is 0.267. The van der Waals surface area contributed by atoms with E-state index in [4.69, 9.17) is 5.73 Å². The van der Waals surface area contributed by atoms with E-state index in [-0.39, 0.29) is 0 Å². The first kappa shape index (κ1) is 13.4. The van der Waals surface area contributed by atoms with Crippen LogP contribution in [0, 0.1) is 0 Å². The number of fused-ring (bicyclic) bond motifs is 1. The molecular formula is C15H18N2O2. The van der Waals surface area contributed by atoms with Crippen molar-refractivity contribution in [2.75, 3.05) is 7.11 Å². The normalized spacial score (nSPS) is 12.3. The van der Waals surface area contributed by atoms with Crippen molar-refractivity contribution in [2.45, 2.75) is 18.9 Å². The Kier molecular flexibility index (Phi) is 4.02. The summed E-state index contributed by atoms with van der Waals surface area (Å²) < 4.78 is 4.65. The Balaban J connectivity index is 2.33. The van der Waals surface area contributed by atoms with E-state index in [0.717, 1.165) is 22.9 Å². The molecule has 0 aliphatic rings. The van der Waals surface area contributed by atoms with Gasteiger partial charge in [0.05, 0.1) is 7.11 Å². The van der Waals surface area contributed by atoms with Gasteiger partial charge in [0, 0.05) is 23.5 Å². The van der Waals surface area contributed by atoms with Crippen molar-refractivity contribution < 1.29 is 9.53 Å². The summed E-state index contributed by atoms with van der Waals surface area (Å²) in [5.41, 5.74) is 9.09. The number of carbonyl (C=O) groups is 1. The number of nitrogens with two attached hydrogens (primary N) is 1. The van der Waals surface area contributed by atoms with E-state index in [2.05, 4.69) is 22.4 Å². The number of hydrogen-bond acceptors (Lipinski definition) is 3. The minimum absolute atomic E-state index is 0.392. The van der Waals surface area contributed by atoms with E-state index in [1.54, 1.807) is 0 Å². The standard InChI is InChI=1S/C15H18N2O2/c1-3-5-10-6-4-7-12-11(9-17-14(10)12)8-13(16)15(18)19-2/h3-4,6-7,9,13,17H,1,5,8,16H2,2H3/t13-/m0/s1. The maximum absolute atomic E-state index is 11.4. The molecule has 4 nitrogen and oxygen atoms in total. The molecule has 0 spiro atoms. The first-order valence-electron chi connectivity index (χ1n) is 6.19. The van der Waals surface area contributed by atoms with E-state index >= 15 is 0 Å². The van der Waals surface area contributed by atoms with Crippen LogP contribution in [-0.2, 0) is 22.4 Å². The third-order valence-corrected chi connectivity index (χ3v) is 3.20. The molecule has 0 bridgehead atoms. The molecule has 0 fully saturated rings. The Bertz CT molecular complexity index is 601. The first-order chi connectivity index (χ1) is 9.17. The van der Waals surface area contributed by atoms with Gasteiger partial charge in [-0.15, -0.1) is 6.58 Å². The van der Waals surface area contributed by atoms with Crippen molar-refractivity contribution in [3.63, 3.8) is 0 Å². The van der Waals surface area contributed by atoms with Crippen LogP contribution in [0.15, 0.2) is 37.1 Å². The van der Waals surface area contributed by atoms with Crippen LogP contribution in [-0.4, -0.2) is 24.1 Å². The highest BCUT2D eigenvalue weighted by molar-refractivity contribution is 5.87. The summed E-state index contributed by atoms with van der Waals surface area (Å²) in [6.07, 6.45) is 5.04. The van der Waals surface area contributed by atoms with Crippen LogP contribution in [0.1, 0.15) is 11.1 Å². The van der Waals surface area contributed by atoms with Crippen molar-refractivity contribution in [3.05, 3.63) is 48.2 Å². The largest absolute Gasteiger partial charge is 0.468 e. The number of H-pyrrole nitrogens is 1. The molecule has 0 aliphatic carbocycles. The van der Waals surface area contributed by atoms with Crippen molar-refractivity contribution in [2.24, 2.45) is 5.73 Å². The number of carbonyl (C=O) groups excluding carboxylic acids is 1. The van der Waals surface area contributed by atoms with Gasteiger partial charge in [-0.05, 0) is 17.5 Å². The number of esters is 1. The van der Waals surface area contributed by atoms with Gasteiger partial charge in [0.1, 0.15) is 6.04 Å². The molecule has 0 aliphatic heterocycles. The lowest BCUT2D eigenvalue weighted by molar-refractivity contribution is -0.142. The molecule has 1 atom stereocenters. The molecule has 1 aromatic carbocycles. The third-order valence-electron chi connectivity index (χ3n) is 3.20. The molecule has 2 rings (SSSR count). The molecule has 19 heavy (non-hydrogen) atoms. The Hall–Kier alpha value is -2.07. The van der Waals surface area contributed by atoms with Gasteiger partial charge >= 0.3 is 5.97 Å². The number of rotatable bonds is 5. The van der Waals surface area contributed by atoms with Crippen molar-refractivity contribution >= 4 is 16.9 Å². The summed E-state index contributed by atoms with van der Waals surface area (Å²) in [5, 5.41) is 1.10. The average Bonchev–Trinajstić information content (AvgIpc) is 2.82. The van der Waals surface area contributed by atoms with E-state index in [1.807, 2.05) is 24.4 Å². The second-order valence-electron chi connectivity index (χ2n) is 4.48. The third kappa shape index (κ3) is 2.69. The van der Waals surface area contributed by atoms with Gasteiger partial charge in [-0.2, -0.15) is 0 Å². The predicted molar refractivity (Wildman–Crippen MR) is 75.9 cm³/mol. The quantitative estimate of drug-likeness (QED) is 0.636. The van der Waals surface area contributed by atoms with E-state index < -0.39 is 12.0 Å². The second-order valence-corrected chi connectivity index (χ2v) is 4.48. The molecule has 0 saturated carbocycles. The zero-order chi connectivity index (χ0) is 13.8. The van der Waals surface area contributed by atoms with Gasteiger partial charge in [-0.25, -0.2) is 0 Å². The number of hydrogen-bond donors (Lipinski definition) is 2. The SMILES string of the molecule is C=CCc1cccc2c(C[C@H](N)C(=O)OC)c[nH]c12. The zero-order valence-electron chi connectivity index (χ0n) is 11.0. The zero-order valence-corrected chi connectivity index (χ0v) is 11.0. The molecule has 0 radical (unpaired) electrons. The van der Waals surface area contributed by atoms with Crippen molar-refractivity contribution in [1.82, 2.24) is 4.98 Å². The topological polar surface area (TPSA) is 68.1 Å². The van der Waals surface area contributed by atoms with Crippen molar-refractivity contribution in [3.8, 4) is 0 Å². The van der Waals surface area contributed by atoms with Crippen LogP contribution in [0.4, 0.5) is 0 Å². The Labute approximate surface area is 112 Å². The van der Waals surface area contributed by atoms with Gasteiger partial charge in [-0.3, -0.25) is 4.79 Å². The summed E-state index contributed by atoms with van der Waals surface area (Å²) in [7, 11) is 1.35. The number of aromatic amines is 1. The van der Waals surface area contributed by atoms with E-state index in [9.17, 15) is 4.79 Å². The predicted octanol–water partition coefficient (Wildman–Crippen LogP) is 1.94. The minimum Gasteiger partial charge on any atom is -0.468 e. The lowest BCUT2D eigenvalue weighted by Crippen LogP contribution is -2.33. The maximum atomic E-state index is 11.4. The molecule has 3 N–H and O–H groups in total. The summed E-state index contributed by atoms with van der Waals surface area (Å²) in [6.45, 7) is 3.76. The van der Waals surface area contributed by atoms with Crippen LogP contribution < -0.4 is 5.73 Å². The fourth-order valence-electron chi connectivity index (χ4n) is 2.24. The summed E-state index contributed by atoms with van der Waals surface area (Å²) in [5.74, 6) is -0.392. The van der Waals surface area contributed by atoms with Crippen LogP contribution in [0.5, 0.6) is 0 Å². The van der Waals surface area contributed by atoms with Crippen LogP contribution in [0.25, 0.3) is 10.9 Å². The molecular weight excluding hydrogens is 240 g/mol. The molecule has 0 unspecified atom stereocenters. The van der Waals surface area contributed by atoms with Gasteiger partial charge in [0.2, 0.25) is 0 Å². The van der Waals surface area contributed by atoms with E-state index in [1.165, 1.54) is 12.7 Å². The van der Waals surface area contributed by atoms with Gasteiger partial charge in [0.15, 0.2) is 0 Å². The molecule has 4 heteroatoms. The number of para-hydroxylation sites is 1. The van der Waals surface area contributed by atoms with Crippen LogP contribution >= 0.6 is 0 Å². The summed E-state index contributed by atoms with van der Waals surface area (Å²) >= 11 is 0. The number of ether oxygens (including phenoxy) is 1. The van der Waals surface area contributed by atoms with E-state index in [0.29, 0.717) is 6.42 Å². The van der Waals surface area contributed by atoms with Gasteiger partial charge < -0.3 is 15.5 Å². The van der Waals surface area contributed by atoms with Crippen LogP contribution in [0.2, 0.25) is 0 Å².